The molecule has 1 aromatic rings. The molecule has 7 nitrogen and oxygen atoms in total. The molecule has 3 fully saturated rings. The highest BCUT2D eigenvalue weighted by Crippen LogP contribution is 2.45. The maximum Gasteiger partial charge on any atom is 0.500 e. The average Bonchev–Trinajstić information content (AvgIpc) is 3.39. The fourth-order valence-electron chi connectivity index (χ4n) is 4.16. The van der Waals surface area contributed by atoms with Gasteiger partial charge in [0.15, 0.2) is 0 Å². The molecule has 1 N–H and O–H groups in total. The van der Waals surface area contributed by atoms with Crippen LogP contribution in [0.15, 0.2) is 17.1 Å². The number of nitrogens with zero attached hydrogens (tertiary/aromatic N) is 1. The molecule has 0 spiro atoms. The number of hydrogen-bond donors (Lipinski definition) is 1. The molecular formula is C23H35BN2O5. The Morgan fingerprint density at radius 3 is 2.23 bits per heavy atom. The molecule has 1 aliphatic heterocycles. The van der Waals surface area contributed by atoms with Gasteiger partial charge in [0.2, 0.25) is 5.91 Å². The van der Waals surface area contributed by atoms with Crippen LogP contribution >= 0.6 is 0 Å². The first-order valence-corrected chi connectivity index (χ1v) is 11.4. The van der Waals surface area contributed by atoms with E-state index >= 15 is 0 Å². The number of amides is 1. The van der Waals surface area contributed by atoms with Crippen LogP contribution in [0.1, 0.15) is 73.1 Å². The van der Waals surface area contributed by atoms with E-state index < -0.39 is 18.3 Å². The molecule has 31 heavy (non-hydrogen) atoms. The minimum atomic E-state index is -0.596. The summed E-state index contributed by atoms with van der Waals surface area (Å²) in [5.41, 5.74) is -0.488. The second kappa shape index (κ2) is 7.66. The zero-order valence-corrected chi connectivity index (χ0v) is 19.6. The average molecular weight is 430 g/mol. The van der Waals surface area contributed by atoms with Gasteiger partial charge in [-0.05, 0) is 66.2 Å². The summed E-state index contributed by atoms with van der Waals surface area (Å²) in [6.07, 6.45) is 7.15. The number of aromatic nitrogens is 1. The Morgan fingerprint density at radius 1 is 1.10 bits per heavy atom. The molecule has 0 bridgehead atoms. The molecule has 2 saturated carbocycles. The molecule has 8 heteroatoms. The summed E-state index contributed by atoms with van der Waals surface area (Å²) in [4.78, 5) is 24.7. The largest absolute Gasteiger partial charge is 0.500 e. The first-order valence-electron chi connectivity index (χ1n) is 11.4. The molecule has 1 saturated heterocycles. The van der Waals surface area contributed by atoms with Gasteiger partial charge in [-0.2, -0.15) is 0 Å². The predicted molar refractivity (Wildman–Crippen MR) is 120 cm³/mol. The van der Waals surface area contributed by atoms with Gasteiger partial charge in [-0.3, -0.25) is 9.59 Å². The Balaban J connectivity index is 1.44. The topological polar surface area (TPSA) is 78.8 Å². The highest BCUT2D eigenvalue weighted by atomic mass is 16.7. The molecule has 0 radical (unpaired) electrons. The van der Waals surface area contributed by atoms with Crippen molar-refractivity contribution in [3.8, 4) is 5.75 Å². The lowest BCUT2D eigenvalue weighted by atomic mass is 9.79. The number of carbonyl (C=O) groups excluding carboxylic acids is 1. The smallest absolute Gasteiger partial charge is 0.491 e. The van der Waals surface area contributed by atoms with E-state index in [4.69, 9.17) is 14.0 Å². The lowest BCUT2D eigenvalue weighted by molar-refractivity contribution is -0.126. The first kappa shape index (κ1) is 22.4. The van der Waals surface area contributed by atoms with Crippen molar-refractivity contribution in [1.29, 1.82) is 0 Å². The van der Waals surface area contributed by atoms with Crippen LogP contribution in [0.25, 0.3) is 0 Å². The Kier molecular flexibility index (Phi) is 5.53. The summed E-state index contributed by atoms with van der Waals surface area (Å²) in [5.74, 6) is 0.714. The zero-order valence-electron chi connectivity index (χ0n) is 19.6. The number of rotatable bonds is 5. The van der Waals surface area contributed by atoms with Crippen molar-refractivity contribution in [2.45, 2.75) is 96.5 Å². The third-order valence-corrected chi connectivity index (χ3v) is 7.58. The molecule has 3 aliphatic rings. The number of pyridine rings is 1. The quantitative estimate of drug-likeness (QED) is 0.726. The fraction of sp³-hybridized carbons (Fsp3) is 0.739. The number of ether oxygens (including phenoxy) is 1. The predicted octanol–water partition coefficient (Wildman–Crippen LogP) is 2.29. The van der Waals surface area contributed by atoms with E-state index in [2.05, 4.69) is 5.32 Å². The molecule has 1 amide bonds. The van der Waals surface area contributed by atoms with Crippen LogP contribution in [0.4, 0.5) is 0 Å². The minimum absolute atomic E-state index is 0.00190. The number of aryl methyl sites for hydroxylation is 1. The van der Waals surface area contributed by atoms with E-state index in [-0.39, 0.29) is 29.0 Å². The highest BCUT2D eigenvalue weighted by Gasteiger charge is 2.53. The van der Waals surface area contributed by atoms with E-state index in [0.29, 0.717) is 5.75 Å². The summed E-state index contributed by atoms with van der Waals surface area (Å²) in [6, 6.07) is 1.73. The van der Waals surface area contributed by atoms with Gasteiger partial charge in [0.25, 0.3) is 5.56 Å². The van der Waals surface area contributed by atoms with Gasteiger partial charge in [0, 0.05) is 36.2 Å². The van der Waals surface area contributed by atoms with Gasteiger partial charge in [0.1, 0.15) is 5.75 Å². The maximum absolute atomic E-state index is 12.3. The third kappa shape index (κ3) is 4.42. The van der Waals surface area contributed by atoms with Gasteiger partial charge < -0.3 is 23.9 Å². The maximum atomic E-state index is 12.3. The van der Waals surface area contributed by atoms with Crippen LogP contribution in [-0.2, 0) is 21.2 Å². The van der Waals surface area contributed by atoms with Crippen molar-refractivity contribution in [2.75, 3.05) is 0 Å². The Hall–Kier alpha value is -1.80. The van der Waals surface area contributed by atoms with Crippen LogP contribution in [-0.4, -0.2) is 40.9 Å². The Morgan fingerprint density at radius 2 is 1.68 bits per heavy atom. The zero-order chi connectivity index (χ0) is 22.6. The van der Waals surface area contributed by atoms with Crippen molar-refractivity contribution in [3.63, 3.8) is 0 Å². The van der Waals surface area contributed by atoms with Crippen molar-refractivity contribution in [2.24, 2.45) is 12.5 Å². The normalized spacial score (nSPS) is 28.3. The SMILES string of the molecule is Cn1cc(B2OC(C)(C)C(C)(C)O2)c(OC2CCC(NC(=O)C3(C)CC3)CC2)cc1=O. The number of hydrogen-bond acceptors (Lipinski definition) is 5. The van der Waals surface area contributed by atoms with E-state index in [9.17, 15) is 9.59 Å². The van der Waals surface area contributed by atoms with Gasteiger partial charge in [-0.15, -0.1) is 0 Å². The van der Waals surface area contributed by atoms with Gasteiger partial charge >= 0.3 is 7.12 Å². The Labute approximate surface area is 185 Å². The van der Waals surface area contributed by atoms with E-state index in [1.165, 1.54) is 10.6 Å². The van der Waals surface area contributed by atoms with Crippen LogP contribution < -0.4 is 21.1 Å². The van der Waals surface area contributed by atoms with Gasteiger partial charge in [-0.25, -0.2) is 0 Å². The van der Waals surface area contributed by atoms with E-state index in [1.54, 1.807) is 13.2 Å². The molecule has 2 heterocycles. The molecule has 170 valence electrons. The van der Waals surface area contributed by atoms with Crippen molar-refractivity contribution in [3.05, 3.63) is 22.6 Å². The lowest BCUT2D eigenvalue weighted by Gasteiger charge is -2.32. The summed E-state index contributed by atoms with van der Waals surface area (Å²) in [7, 11) is 1.12. The molecule has 0 atom stereocenters. The Bertz CT molecular complexity index is 897. The summed E-state index contributed by atoms with van der Waals surface area (Å²) >= 11 is 0. The van der Waals surface area contributed by atoms with Crippen molar-refractivity contribution < 1.29 is 18.8 Å². The molecule has 1 aromatic heterocycles. The number of carbonyl (C=O) groups is 1. The van der Waals surface area contributed by atoms with E-state index in [0.717, 1.165) is 44.0 Å². The van der Waals surface area contributed by atoms with Crippen molar-refractivity contribution >= 4 is 18.5 Å². The number of nitrogens with one attached hydrogen (secondary N) is 1. The van der Waals surface area contributed by atoms with Crippen molar-refractivity contribution in [1.82, 2.24) is 9.88 Å². The van der Waals surface area contributed by atoms with Gasteiger partial charge in [0.05, 0.1) is 17.3 Å². The fourth-order valence-corrected chi connectivity index (χ4v) is 4.16. The van der Waals surface area contributed by atoms with Crippen LogP contribution in [0.2, 0.25) is 0 Å². The first-order chi connectivity index (χ1) is 14.4. The van der Waals surface area contributed by atoms with Crippen LogP contribution in [0, 0.1) is 5.41 Å². The summed E-state index contributed by atoms with van der Waals surface area (Å²) in [5, 5.41) is 3.21. The van der Waals surface area contributed by atoms with E-state index in [1.807, 2.05) is 34.6 Å². The second-order valence-electron chi connectivity index (χ2n) is 10.8. The highest BCUT2D eigenvalue weighted by molar-refractivity contribution is 6.63. The van der Waals surface area contributed by atoms with Crippen LogP contribution in [0.5, 0.6) is 5.75 Å². The standard InChI is InChI=1S/C23H35BN2O5/c1-21(2)22(3,4)31-24(30-21)17-14-26(6)19(27)13-18(17)29-16-9-7-15(8-10-16)25-20(28)23(5)11-12-23/h13-16H,7-12H2,1-6H3,(H,25,28). The monoisotopic (exact) mass is 430 g/mol. The molecule has 4 rings (SSSR count). The molecule has 2 aliphatic carbocycles. The lowest BCUT2D eigenvalue weighted by Crippen LogP contribution is -2.43. The molecule has 0 unspecified atom stereocenters. The minimum Gasteiger partial charge on any atom is -0.491 e. The second-order valence-corrected chi connectivity index (χ2v) is 10.8. The molecular weight excluding hydrogens is 395 g/mol. The summed E-state index contributed by atoms with van der Waals surface area (Å²) < 4.78 is 20.3. The third-order valence-electron chi connectivity index (χ3n) is 7.58. The van der Waals surface area contributed by atoms with Crippen LogP contribution in [0.3, 0.4) is 0 Å². The summed E-state index contributed by atoms with van der Waals surface area (Å²) in [6.45, 7) is 10.1. The van der Waals surface area contributed by atoms with Gasteiger partial charge in [-0.1, -0.05) is 6.92 Å². The molecule has 0 aromatic carbocycles.